The van der Waals surface area contributed by atoms with Gasteiger partial charge in [0, 0.05) is 11.1 Å². The Morgan fingerprint density at radius 1 is 1.47 bits per heavy atom. The van der Waals surface area contributed by atoms with Gasteiger partial charge in [-0.2, -0.15) is 0 Å². The molecule has 1 aromatic rings. The summed E-state index contributed by atoms with van der Waals surface area (Å²) in [7, 11) is 0. The fraction of sp³-hybridized carbons (Fsp3) is 0.538. The molecule has 0 aromatic heterocycles. The molecule has 1 atom stereocenters. The molecule has 0 amide bonds. The highest BCUT2D eigenvalue weighted by atomic mass is 35.5. The fourth-order valence-electron chi connectivity index (χ4n) is 2.30. The van der Waals surface area contributed by atoms with Crippen molar-refractivity contribution in [3.05, 3.63) is 34.3 Å². The first kappa shape index (κ1) is 11.0. The zero-order chi connectivity index (χ0) is 10.7. The third-order valence-corrected chi connectivity index (χ3v) is 3.30. The van der Waals surface area contributed by atoms with Gasteiger partial charge in [0.2, 0.25) is 0 Å². The van der Waals surface area contributed by atoms with E-state index in [4.69, 9.17) is 11.6 Å². The van der Waals surface area contributed by atoms with Crippen LogP contribution in [0.1, 0.15) is 43.4 Å². The number of fused-ring (bicyclic) bond motifs is 1. The molecule has 0 fully saturated rings. The Morgan fingerprint density at radius 3 is 3.13 bits per heavy atom. The predicted octanol–water partition coefficient (Wildman–Crippen LogP) is 3.72. The lowest BCUT2D eigenvalue weighted by Gasteiger charge is -2.26. The smallest absolute Gasteiger partial charge is 0.0409 e. The Balaban J connectivity index is 2.20. The highest BCUT2D eigenvalue weighted by Gasteiger charge is 2.19. The molecule has 0 radical (unpaired) electrons. The van der Waals surface area contributed by atoms with Crippen molar-refractivity contribution in [3.8, 4) is 0 Å². The van der Waals surface area contributed by atoms with Crippen LogP contribution >= 0.6 is 11.6 Å². The van der Waals surface area contributed by atoms with Crippen LogP contribution < -0.4 is 5.32 Å². The number of benzene rings is 1. The van der Waals surface area contributed by atoms with E-state index in [9.17, 15) is 0 Å². The molecule has 1 aliphatic rings. The summed E-state index contributed by atoms with van der Waals surface area (Å²) in [6.07, 6.45) is 4.92. The lowest BCUT2D eigenvalue weighted by molar-refractivity contribution is 0.460. The molecule has 0 bridgehead atoms. The number of rotatable bonds is 3. The van der Waals surface area contributed by atoms with E-state index in [2.05, 4.69) is 24.4 Å². The van der Waals surface area contributed by atoms with Crippen molar-refractivity contribution in [1.82, 2.24) is 5.32 Å². The topological polar surface area (TPSA) is 12.0 Å². The first-order chi connectivity index (χ1) is 7.31. The van der Waals surface area contributed by atoms with Crippen molar-refractivity contribution in [2.45, 2.75) is 38.6 Å². The SMILES string of the molecule is CCCNC1CCCc2ccc(Cl)cc21. The van der Waals surface area contributed by atoms with Crippen LogP contribution in [0.15, 0.2) is 18.2 Å². The van der Waals surface area contributed by atoms with Crippen molar-refractivity contribution in [1.29, 1.82) is 0 Å². The number of hydrogen-bond acceptors (Lipinski definition) is 1. The zero-order valence-electron chi connectivity index (χ0n) is 9.22. The Kier molecular flexibility index (Phi) is 3.66. The summed E-state index contributed by atoms with van der Waals surface area (Å²) >= 11 is 6.05. The van der Waals surface area contributed by atoms with Gasteiger partial charge in [0.1, 0.15) is 0 Å². The Morgan fingerprint density at radius 2 is 2.33 bits per heavy atom. The van der Waals surface area contributed by atoms with Crippen LogP contribution in [0.4, 0.5) is 0 Å². The minimum atomic E-state index is 0.521. The molecular formula is C13H18ClN. The second-order valence-corrected chi connectivity index (χ2v) is 4.68. The highest BCUT2D eigenvalue weighted by molar-refractivity contribution is 6.30. The summed E-state index contributed by atoms with van der Waals surface area (Å²) in [5.74, 6) is 0. The van der Waals surface area contributed by atoms with Crippen molar-refractivity contribution in [2.75, 3.05) is 6.54 Å². The van der Waals surface area contributed by atoms with Gasteiger partial charge in [0.15, 0.2) is 0 Å². The van der Waals surface area contributed by atoms with Gasteiger partial charge in [-0.25, -0.2) is 0 Å². The van der Waals surface area contributed by atoms with E-state index in [-0.39, 0.29) is 0 Å². The van der Waals surface area contributed by atoms with Gasteiger partial charge >= 0.3 is 0 Å². The molecule has 0 saturated carbocycles. The van der Waals surface area contributed by atoms with Crippen LogP contribution in [0.2, 0.25) is 5.02 Å². The zero-order valence-corrected chi connectivity index (χ0v) is 9.98. The maximum absolute atomic E-state index is 6.05. The summed E-state index contributed by atoms with van der Waals surface area (Å²) in [5.41, 5.74) is 2.89. The monoisotopic (exact) mass is 223 g/mol. The largest absolute Gasteiger partial charge is 0.310 e. The fourth-order valence-corrected chi connectivity index (χ4v) is 2.48. The van der Waals surface area contributed by atoms with Gasteiger partial charge in [-0.1, -0.05) is 24.6 Å². The molecule has 1 aromatic carbocycles. The normalized spacial score (nSPS) is 20.0. The predicted molar refractivity (Wildman–Crippen MR) is 65.4 cm³/mol. The maximum Gasteiger partial charge on any atom is 0.0409 e. The standard InChI is InChI=1S/C13H18ClN/c1-2-8-15-13-5-3-4-10-6-7-11(14)9-12(10)13/h6-7,9,13,15H,2-5,8H2,1H3. The average molecular weight is 224 g/mol. The van der Waals surface area contributed by atoms with Crippen LogP contribution in [0.3, 0.4) is 0 Å². The molecule has 1 nitrogen and oxygen atoms in total. The summed E-state index contributed by atoms with van der Waals surface area (Å²) in [6, 6.07) is 6.83. The Labute approximate surface area is 96.8 Å². The van der Waals surface area contributed by atoms with Crippen LogP contribution in [-0.4, -0.2) is 6.54 Å². The Bertz CT molecular complexity index is 335. The van der Waals surface area contributed by atoms with Gasteiger partial charge in [-0.05, 0) is 55.5 Å². The summed E-state index contributed by atoms with van der Waals surface area (Å²) < 4.78 is 0. The maximum atomic E-state index is 6.05. The third-order valence-electron chi connectivity index (χ3n) is 3.06. The number of hydrogen-bond donors (Lipinski definition) is 1. The molecule has 0 heterocycles. The average Bonchev–Trinajstić information content (AvgIpc) is 2.26. The summed E-state index contributed by atoms with van der Waals surface area (Å²) in [5, 5.41) is 4.46. The molecular weight excluding hydrogens is 206 g/mol. The van der Waals surface area contributed by atoms with Crippen LogP contribution in [0, 0.1) is 0 Å². The van der Waals surface area contributed by atoms with E-state index in [1.807, 2.05) is 6.07 Å². The molecule has 2 rings (SSSR count). The summed E-state index contributed by atoms with van der Waals surface area (Å²) in [6.45, 7) is 3.30. The molecule has 1 N–H and O–H groups in total. The molecule has 2 heteroatoms. The lowest BCUT2D eigenvalue weighted by atomic mass is 9.88. The van der Waals surface area contributed by atoms with Gasteiger partial charge in [0.25, 0.3) is 0 Å². The Hall–Kier alpha value is -0.530. The molecule has 1 unspecified atom stereocenters. The van der Waals surface area contributed by atoms with E-state index in [0.29, 0.717) is 6.04 Å². The molecule has 1 aliphatic carbocycles. The molecule has 0 aliphatic heterocycles. The van der Waals surface area contributed by atoms with E-state index < -0.39 is 0 Å². The van der Waals surface area contributed by atoms with Crippen molar-refractivity contribution < 1.29 is 0 Å². The summed E-state index contributed by atoms with van der Waals surface area (Å²) in [4.78, 5) is 0. The quantitative estimate of drug-likeness (QED) is 0.824. The molecule has 0 saturated heterocycles. The van der Waals surface area contributed by atoms with Gasteiger partial charge < -0.3 is 5.32 Å². The van der Waals surface area contributed by atoms with Crippen LogP contribution in [0.25, 0.3) is 0 Å². The number of nitrogens with one attached hydrogen (secondary N) is 1. The molecule has 82 valence electrons. The van der Waals surface area contributed by atoms with Gasteiger partial charge in [-0.15, -0.1) is 0 Å². The van der Waals surface area contributed by atoms with Gasteiger partial charge in [0.05, 0.1) is 0 Å². The molecule has 0 spiro atoms. The molecule has 15 heavy (non-hydrogen) atoms. The van der Waals surface area contributed by atoms with E-state index >= 15 is 0 Å². The van der Waals surface area contributed by atoms with Crippen LogP contribution in [-0.2, 0) is 6.42 Å². The second-order valence-electron chi connectivity index (χ2n) is 4.24. The first-order valence-corrected chi connectivity index (χ1v) is 6.20. The van der Waals surface area contributed by atoms with Crippen molar-refractivity contribution >= 4 is 11.6 Å². The van der Waals surface area contributed by atoms with E-state index in [1.54, 1.807) is 0 Å². The first-order valence-electron chi connectivity index (χ1n) is 5.83. The number of halogens is 1. The minimum Gasteiger partial charge on any atom is -0.310 e. The highest BCUT2D eigenvalue weighted by Crippen LogP contribution is 2.31. The minimum absolute atomic E-state index is 0.521. The van der Waals surface area contributed by atoms with Gasteiger partial charge in [-0.3, -0.25) is 0 Å². The van der Waals surface area contributed by atoms with Crippen molar-refractivity contribution in [2.24, 2.45) is 0 Å². The third kappa shape index (κ3) is 2.53. The second kappa shape index (κ2) is 5.00. The van der Waals surface area contributed by atoms with Crippen molar-refractivity contribution in [3.63, 3.8) is 0 Å². The van der Waals surface area contributed by atoms with E-state index in [0.717, 1.165) is 11.6 Å². The lowest BCUT2D eigenvalue weighted by Crippen LogP contribution is -2.25. The van der Waals surface area contributed by atoms with E-state index in [1.165, 1.54) is 36.8 Å². The number of aryl methyl sites for hydroxylation is 1. The van der Waals surface area contributed by atoms with Crippen LogP contribution in [0.5, 0.6) is 0 Å².